The molecule has 1 aromatic carbocycles. The summed E-state index contributed by atoms with van der Waals surface area (Å²) in [5.41, 5.74) is 11.0. The van der Waals surface area contributed by atoms with Gasteiger partial charge in [-0.1, -0.05) is 29.4 Å². The van der Waals surface area contributed by atoms with Crippen molar-refractivity contribution in [3.63, 3.8) is 0 Å². The molecule has 0 atom stereocenters. The van der Waals surface area contributed by atoms with Crippen LogP contribution in [0.5, 0.6) is 0 Å². The number of aromatic amines is 1. The zero-order valence-corrected chi connectivity index (χ0v) is 16.1. The monoisotopic (exact) mass is 378 g/mol. The second kappa shape index (κ2) is 7.05. The normalized spacial score (nSPS) is 11.4. The van der Waals surface area contributed by atoms with E-state index in [0.29, 0.717) is 42.1 Å². The SMILES string of the molecule is Cc1nc2[nH]n(C)c(=O)c2c(C)c1CCc1nc(-c2ccc(CN)cc2)no1. The van der Waals surface area contributed by atoms with Crippen LogP contribution in [0.2, 0.25) is 0 Å². The Labute approximate surface area is 161 Å². The maximum absolute atomic E-state index is 12.3. The zero-order chi connectivity index (χ0) is 19.8. The molecule has 3 aromatic heterocycles. The van der Waals surface area contributed by atoms with Gasteiger partial charge < -0.3 is 10.3 Å². The highest BCUT2D eigenvalue weighted by molar-refractivity contribution is 5.79. The van der Waals surface area contributed by atoms with Crippen LogP contribution < -0.4 is 11.3 Å². The fourth-order valence-electron chi connectivity index (χ4n) is 3.47. The van der Waals surface area contributed by atoms with Gasteiger partial charge in [0.2, 0.25) is 11.7 Å². The largest absolute Gasteiger partial charge is 0.339 e. The van der Waals surface area contributed by atoms with Crippen LogP contribution in [0.1, 0.15) is 28.3 Å². The maximum Gasteiger partial charge on any atom is 0.276 e. The number of H-pyrrole nitrogens is 1. The lowest BCUT2D eigenvalue weighted by Gasteiger charge is -2.08. The first kappa shape index (κ1) is 18.1. The molecule has 0 aliphatic heterocycles. The lowest BCUT2D eigenvalue weighted by Crippen LogP contribution is -2.12. The van der Waals surface area contributed by atoms with Gasteiger partial charge in [0.25, 0.3) is 5.56 Å². The summed E-state index contributed by atoms with van der Waals surface area (Å²) in [6.45, 7) is 4.41. The third-order valence-corrected chi connectivity index (χ3v) is 5.08. The fourth-order valence-corrected chi connectivity index (χ4v) is 3.47. The average Bonchev–Trinajstić information content (AvgIpc) is 3.26. The van der Waals surface area contributed by atoms with Gasteiger partial charge >= 0.3 is 0 Å². The van der Waals surface area contributed by atoms with Crippen molar-refractivity contribution >= 4 is 11.0 Å². The van der Waals surface area contributed by atoms with Crippen molar-refractivity contribution in [2.45, 2.75) is 33.2 Å². The van der Waals surface area contributed by atoms with E-state index >= 15 is 0 Å². The summed E-state index contributed by atoms with van der Waals surface area (Å²) >= 11 is 0. The molecule has 28 heavy (non-hydrogen) atoms. The number of aryl methyl sites for hydroxylation is 4. The first-order chi connectivity index (χ1) is 13.5. The molecule has 8 heteroatoms. The third kappa shape index (κ3) is 3.11. The molecule has 144 valence electrons. The molecule has 0 aliphatic rings. The molecule has 3 N–H and O–H groups in total. The van der Waals surface area contributed by atoms with E-state index < -0.39 is 0 Å². The Morgan fingerprint density at radius 3 is 2.61 bits per heavy atom. The number of hydrogen-bond donors (Lipinski definition) is 2. The van der Waals surface area contributed by atoms with Crippen LogP contribution in [0.3, 0.4) is 0 Å². The van der Waals surface area contributed by atoms with Gasteiger partial charge in [0.05, 0.1) is 5.39 Å². The number of benzene rings is 1. The molecule has 0 aliphatic carbocycles. The van der Waals surface area contributed by atoms with E-state index in [2.05, 4.69) is 20.2 Å². The smallest absolute Gasteiger partial charge is 0.276 e. The number of nitrogens with zero attached hydrogens (tertiary/aromatic N) is 4. The van der Waals surface area contributed by atoms with Gasteiger partial charge in [0, 0.05) is 31.3 Å². The third-order valence-electron chi connectivity index (χ3n) is 5.08. The van der Waals surface area contributed by atoms with Crippen molar-refractivity contribution in [2.75, 3.05) is 0 Å². The predicted molar refractivity (Wildman–Crippen MR) is 106 cm³/mol. The van der Waals surface area contributed by atoms with Gasteiger partial charge in [-0.25, -0.2) is 4.98 Å². The molecular weight excluding hydrogens is 356 g/mol. The summed E-state index contributed by atoms with van der Waals surface area (Å²) in [7, 11) is 1.69. The summed E-state index contributed by atoms with van der Waals surface area (Å²) in [4.78, 5) is 21.4. The second-order valence-electron chi connectivity index (χ2n) is 6.91. The van der Waals surface area contributed by atoms with Gasteiger partial charge in [0.1, 0.15) is 0 Å². The molecule has 0 amide bonds. The minimum Gasteiger partial charge on any atom is -0.339 e. The van der Waals surface area contributed by atoms with Crippen LogP contribution in [0.4, 0.5) is 0 Å². The number of pyridine rings is 1. The topological polar surface area (TPSA) is 116 Å². The van der Waals surface area contributed by atoms with E-state index in [1.807, 2.05) is 38.1 Å². The molecule has 0 unspecified atom stereocenters. The number of rotatable bonds is 5. The lowest BCUT2D eigenvalue weighted by atomic mass is 10.0. The van der Waals surface area contributed by atoms with Gasteiger partial charge in [0.15, 0.2) is 5.65 Å². The van der Waals surface area contributed by atoms with Crippen molar-refractivity contribution in [3.05, 3.63) is 62.9 Å². The van der Waals surface area contributed by atoms with Crippen molar-refractivity contribution in [1.29, 1.82) is 0 Å². The van der Waals surface area contributed by atoms with Crippen molar-refractivity contribution in [3.8, 4) is 11.4 Å². The molecule has 8 nitrogen and oxygen atoms in total. The van der Waals surface area contributed by atoms with Gasteiger partial charge in [-0.05, 0) is 37.0 Å². The summed E-state index contributed by atoms with van der Waals surface area (Å²) in [6.07, 6.45) is 1.25. The van der Waals surface area contributed by atoms with Crippen LogP contribution >= 0.6 is 0 Å². The molecule has 0 saturated carbocycles. The van der Waals surface area contributed by atoms with Crippen LogP contribution in [-0.2, 0) is 26.4 Å². The molecule has 0 saturated heterocycles. The quantitative estimate of drug-likeness (QED) is 0.550. The molecule has 0 radical (unpaired) electrons. The lowest BCUT2D eigenvalue weighted by molar-refractivity contribution is 0.378. The number of nitrogens with one attached hydrogen (secondary N) is 1. The number of fused-ring (bicyclic) bond motifs is 1. The standard InChI is InChI=1S/C20H22N6O2/c1-11-15(12(2)22-19-17(11)20(27)26(3)24-19)8-9-16-23-18(25-28-16)14-6-4-13(10-21)5-7-14/h4-7H,8-10,21H2,1-3H3,(H,22,24). The fraction of sp³-hybridized carbons (Fsp3) is 0.300. The van der Waals surface area contributed by atoms with E-state index in [4.69, 9.17) is 10.3 Å². The van der Waals surface area contributed by atoms with Crippen LogP contribution in [0.15, 0.2) is 33.6 Å². The molecule has 0 spiro atoms. The van der Waals surface area contributed by atoms with E-state index in [1.54, 1.807) is 7.05 Å². The molecule has 0 bridgehead atoms. The number of hydrogen-bond acceptors (Lipinski definition) is 6. The van der Waals surface area contributed by atoms with E-state index in [0.717, 1.165) is 27.9 Å². The van der Waals surface area contributed by atoms with Gasteiger partial charge in [-0.2, -0.15) is 4.98 Å². The van der Waals surface area contributed by atoms with Crippen molar-refractivity contribution < 1.29 is 4.52 Å². The summed E-state index contributed by atoms with van der Waals surface area (Å²) in [5, 5.41) is 7.69. The Bertz CT molecular complexity index is 1200. The predicted octanol–water partition coefficient (Wildman–Crippen LogP) is 2.17. The Hall–Kier alpha value is -3.26. The van der Waals surface area contributed by atoms with Crippen LogP contribution in [0.25, 0.3) is 22.4 Å². The Kier molecular flexibility index (Phi) is 4.56. The Morgan fingerprint density at radius 2 is 1.89 bits per heavy atom. The number of nitrogens with two attached hydrogens (primary N) is 1. The zero-order valence-electron chi connectivity index (χ0n) is 16.1. The van der Waals surface area contributed by atoms with Crippen LogP contribution in [-0.4, -0.2) is 24.9 Å². The van der Waals surface area contributed by atoms with E-state index in [-0.39, 0.29) is 5.56 Å². The summed E-state index contributed by atoms with van der Waals surface area (Å²) in [5.74, 6) is 1.11. The molecule has 0 fully saturated rings. The van der Waals surface area contributed by atoms with Crippen molar-refractivity contribution in [1.82, 2.24) is 24.9 Å². The summed E-state index contributed by atoms with van der Waals surface area (Å²) < 4.78 is 6.87. The number of aromatic nitrogens is 5. The molecule has 3 heterocycles. The van der Waals surface area contributed by atoms with Crippen molar-refractivity contribution in [2.24, 2.45) is 12.8 Å². The minimum absolute atomic E-state index is 0.0674. The first-order valence-electron chi connectivity index (χ1n) is 9.14. The van der Waals surface area contributed by atoms with E-state index in [1.165, 1.54) is 4.68 Å². The molecule has 4 aromatic rings. The van der Waals surface area contributed by atoms with E-state index in [9.17, 15) is 4.79 Å². The van der Waals surface area contributed by atoms with Gasteiger partial charge in [-0.15, -0.1) is 0 Å². The maximum atomic E-state index is 12.3. The highest BCUT2D eigenvalue weighted by atomic mass is 16.5. The second-order valence-corrected chi connectivity index (χ2v) is 6.91. The van der Waals surface area contributed by atoms with Crippen LogP contribution in [0, 0.1) is 13.8 Å². The summed E-state index contributed by atoms with van der Waals surface area (Å²) in [6, 6.07) is 7.78. The molecule has 4 rings (SSSR count). The Morgan fingerprint density at radius 1 is 1.14 bits per heavy atom. The highest BCUT2D eigenvalue weighted by Crippen LogP contribution is 2.22. The Balaban J connectivity index is 1.57. The molecular formula is C20H22N6O2. The first-order valence-corrected chi connectivity index (χ1v) is 9.14. The van der Waals surface area contributed by atoms with Gasteiger partial charge in [-0.3, -0.25) is 14.6 Å². The average molecular weight is 378 g/mol. The highest BCUT2D eigenvalue weighted by Gasteiger charge is 2.16. The minimum atomic E-state index is -0.0674.